The van der Waals surface area contributed by atoms with Crippen molar-refractivity contribution < 1.29 is 0 Å². The zero-order valence-corrected chi connectivity index (χ0v) is 12.2. The lowest BCUT2D eigenvalue weighted by Crippen LogP contribution is -2.46. The summed E-state index contributed by atoms with van der Waals surface area (Å²) in [7, 11) is 2.23. The molecular formula is C14H25N3S. The van der Waals surface area contributed by atoms with Gasteiger partial charge in [0, 0.05) is 24.4 Å². The molecule has 0 bridgehead atoms. The summed E-state index contributed by atoms with van der Waals surface area (Å²) in [6.45, 7) is 2.07. The molecule has 18 heavy (non-hydrogen) atoms. The Kier molecular flexibility index (Phi) is 4.14. The molecule has 102 valence electrons. The standard InChI is InChI=1S/C14H25N3S/c1-17(12-6-7-12)9-8-15-14-16-13-5-3-2-4-11(13)10-18-14/h11-13H,2-10H2,1H3,(H,15,16). The molecule has 0 aromatic rings. The minimum absolute atomic E-state index is 0.722. The Labute approximate surface area is 115 Å². The SMILES string of the molecule is CN(CCN=C1NC2CCCCC2CS1)C1CC1. The Balaban J connectivity index is 1.44. The summed E-state index contributed by atoms with van der Waals surface area (Å²) in [6.07, 6.45) is 8.39. The number of hydrogen-bond acceptors (Lipinski definition) is 3. The van der Waals surface area contributed by atoms with Gasteiger partial charge in [-0.2, -0.15) is 0 Å². The van der Waals surface area contributed by atoms with E-state index in [0.717, 1.165) is 31.1 Å². The van der Waals surface area contributed by atoms with E-state index in [1.165, 1.54) is 49.4 Å². The molecule has 1 saturated heterocycles. The monoisotopic (exact) mass is 267 g/mol. The minimum atomic E-state index is 0.722. The molecule has 0 spiro atoms. The van der Waals surface area contributed by atoms with Gasteiger partial charge < -0.3 is 10.2 Å². The fourth-order valence-corrected chi connectivity index (χ4v) is 4.27. The number of likely N-dealkylation sites (N-methyl/N-ethyl adjacent to an activating group) is 1. The van der Waals surface area contributed by atoms with Crippen LogP contribution in [-0.4, -0.2) is 48.0 Å². The van der Waals surface area contributed by atoms with Crippen LogP contribution in [-0.2, 0) is 0 Å². The summed E-state index contributed by atoms with van der Waals surface area (Å²) in [5.41, 5.74) is 0. The molecule has 1 N–H and O–H groups in total. The van der Waals surface area contributed by atoms with E-state index in [0.29, 0.717) is 0 Å². The van der Waals surface area contributed by atoms with E-state index in [1.807, 2.05) is 11.8 Å². The van der Waals surface area contributed by atoms with Gasteiger partial charge >= 0.3 is 0 Å². The van der Waals surface area contributed by atoms with Gasteiger partial charge in [-0.1, -0.05) is 24.6 Å². The average Bonchev–Trinajstić information content (AvgIpc) is 3.23. The van der Waals surface area contributed by atoms with Crippen molar-refractivity contribution >= 4 is 16.9 Å². The predicted molar refractivity (Wildman–Crippen MR) is 79.3 cm³/mol. The molecule has 0 radical (unpaired) electrons. The first-order valence-electron chi connectivity index (χ1n) is 7.47. The number of aliphatic imine (C=N–C) groups is 1. The van der Waals surface area contributed by atoms with Gasteiger partial charge in [0.1, 0.15) is 0 Å². The molecule has 0 amide bonds. The van der Waals surface area contributed by atoms with E-state index in [9.17, 15) is 0 Å². The highest BCUT2D eigenvalue weighted by Crippen LogP contribution is 2.31. The van der Waals surface area contributed by atoms with E-state index < -0.39 is 0 Å². The summed E-state index contributed by atoms with van der Waals surface area (Å²) >= 11 is 1.94. The van der Waals surface area contributed by atoms with Crippen LogP contribution in [0.2, 0.25) is 0 Å². The molecule has 2 aliphatic carbocycles. The molecule has 3 nitrogen and oxygen atoms in total. The van der Waals surface area contributed by atoms with E-state index in [2.05, 4.69) is 17.3 Å². The lowest BCUT2D eigenvalue weighted by atomic mass is 9.86. The first kappa shape index (κ1) is 12.8. The molecule has 3 rings (SSSR count). The van der Waals surface area contributed by atoms with Crippen LogP contribution in [0, 0.1) is 5.92 Å². The third-order valence-corrected chi connectivity index (χ3v) is 5.65. The quantitative estimate of drug-likeness (QED) is 0.847. The van der Waals surface area contributed by atoms with E-state index in [-0.39, 0.29) is 0 Å². The molecule has 0 aromatic carbocycles. The number of amidine groups is 1. The molecule has 3 fully saturated rings. The van der Waals surface area contributed by atoms with Crippen LogP contribution in [0.4, 0.5) is 0 Å². The van der Waals surface area contributed by atoms with Gasteiger partial charge in [-0.25, -0.2) is 0 Å². The number of fused-ring (bicyclic) bond motifs is 1. The van der Waals surface area contributed by atoms with Gasteiger partial charge in [-0.15, -0.1) is 0 Å². The highest BCUT2D eigenvalue weighted by Gasteiger charge is 2.30. The zero-order valence-electron chi connectivity index (χ0n) is 11.4. The Morgan fingerprint density at radius 1 is 1.28 bits per heavy atom. The third kappa shape index (κ3) is 3.21. The summed E-state index contributed by atoms with van der Waals surface area (Å²) < 4.78 is 0. The lowest BCUT2D eigenvalue weighted by Gasteiger charge is -2.36. The number of hydrogen-bond donors (Lipinski definition) is 1. The largest absolute Gasteiger partial charge is 0.362 e. The molecular weight excluding hydrogens is 242 g/mol. The Hall–Kier alpha value is -0.220. The Morgan fingerprint density at radius 2 is 2.11 bits per heavy atom. The number of nitrogens with zero attached hydrogens (tertiary/aromatic N) is 2. The molecule has 2 saturated carbocycles. The van der Waals surface area contributed by atoms with Crippen molar-refractivity contribution in [3.05, 3.63) is 0 Å². The highest BCUT2D eigenvalue weighted by atomic mass is 32.2. The molecule has 1 aliphatic heterocycles. The second kappa shape index (κ2) is 5.83. The first-order valence-corrected chi connectivity index (χ1v) is 8.45. The highest BCUT2D eigenvalue weighted by molar-refractivity contribution is 8.13. The van der Waals surface area contributed by atoms with Gasteiger partial charge in [0.2, 0.25) is 0 Å². The van der Waals surface area contributed by atoms with Crippen molar-refractivity contribution in [1.29, 1.82) is 0 Å². The third-order valence-electron chi connectivity index (χ3n) is 4.53. The Bertz CT molecular complexity index is 314. The Morgan fingerprint density at radius 3 is 2.94 bits per heavy atom. The maximum atomic E-state index is 4.75. The van der Waals surface area contributed by atoms with Crippen molar-refractivity contribution in [3.8, 4) is 0 Å². The molecule has 0 aromatic heterocycles. The van der Waals surface area contributed by atoms with E-state index >= 15 is 0 Å². The second-order valence-corrected chi connectivity index (χ2v) is 7.01. The summed E-state index contributed by atoms with van der Waals surface area (Å²) in [4.78, 5) is 7.21. The summed E-state index contributed by atoms with van der Waals surface area (Å²) in [6, 6.07) is 1.58. The van der Waals surface area contributed by atoms with Gasteiger partial charge in [0.25, 0.3) is 0 Å². The lowest BCUT2D eigenvalue weighted by molar-refractivity contribution is 0.310. The van der Waals surface area contributed by atoms with Crippen molar-refractivity contribution in [2.45, 2.75) is 50.6 Å². The minimum Gasteiger partial charge on any atom is -0.362 e. The summed E-state index contributed by atoms with van der Waals surface area (Å²) in [5, 5.41) is 4.88. The average molecular weight is 267 g/mol. The zero-order chi connectivity index (χ0) is 12.4. The van der Waals surface area contributed by atoms with Crippen molar-refractivity contribution in [1.82, 2.24) is 10.2 Å². The van der Waals surface area contributed by atoms with E-state index in [1.54, 1.807) is 0 Å². The normalized spacial score (nSPS) is 34.4. The fraction of sp³-hybridized carbons (Fsp3) is 0.929. The number of rotatable bonds is 4. The van der Waals surface area contributed by atoms with Crippen LogP contribution >= 0.6 is 11.8 Å². The van der Waals surface area contributed by atoms with Crippen LogP contribution in [0.5, 0.6) is 0 Å². The van der Waals surface area contributed by atoms with Crippen LogP contribution in [0.25, 0.3) is 0 Å². The maximum Gasteiger partial charge on any atom is 0.156 e. The van der Waals surface area contributed by atoms with Crippen molar-refractivity contribution in [3.63, 3.8) is 0 Å². The van der Waals surface area contributed by atoms with Crippen LogP contribution in [0.15, 0.2) is 4.99 Å². The molecule has 3 aliphatic rings. The van der Waals surface area contributed by atoms with Crippen LogP contribution in [0.3, 0.4) is 0 Å². The molecule has 1 heterocycles. The van der Waals surface area contributed by atoms with E-state index in [4.69, 9.17) is 4.99 Å². The molecule has 2 atom stereocenters. The predicted octanol–water partition coefficient (Wildman–Crippen LogP) is 2.33. The molecule has 2 unspecified atom stereocenters. The van der Waals surface area contributed by atoms with Crippen molar-refractivity contribution in [2.75, 3.05) is 25.9 Å². The van der Waals surface area contributed by atoms with Gasteiger partial charge in [-0.3, -0.25) is 4.99 Å². The van der Waals surface area contributed by atoms with Gasteiger partial charge in [0.05, 0.1) is 6.54 Å². The smallest absolute Gasteiger partial charge is 0.156 e. The van der Waals surface area contributed by atoms with Gasteiger partial charge in [0.15, 0.2) is 5.17 Å². The van der Waals surface area contributed by atoms with Crippen LogP contribution < -0.4 is 5.32 Å². The first-order chi connectivity index (χ1) is 8.83. The summed E-state index contributed by atoms with van der Waals surface area (Å²) in [5.74, 6) is 2.19. The van der Waals surface area contributed by atoms with Gasteiger partial charge in [-0.05, 0) is 38.6 Å². The van der Waals surface area contributed by atoms with Crippen molar-refractivity contribution in [2.24, 2.45) is 10.9 Å². The van der Waals surface area contributed by atoms with Crippen LogP contribution in [0.1, 0.15) is 38.5 Å². The fourth-order valence-electron chi connectivity index (χ4n) is 3.08. The number of nitrogens with one attached hydrogen (secondary N) is 1. The second-order valence-electron chi connectivity index (χ2n) is 6.01. The topological polar surface area (TPSA) is 27.6 Å². The molecule has 4 heteroatoms. The number of thioether (sulfide) groups is 1. The maximum absolute atomic E-state index is 4.75.